The lowest BCUT2D eigenvalue weighted by Crippen LogP contribution is -2.15. The van der Waals surface area contributed by atoms with Crippen LogP contribution in [0.4, 0.5) is 17.5 Å². The second-order valence-electron chi connectivity index (χ2n) is 5.13. The predicted molar refractivity (Wildman–Crippen MR) is 90.7 cm³/mol. The molecule has 2 N–H and O–H groups in total. The van der Waals surface area contributed by atoms with E-state index in [0.717, 1.165) is 5.56 Å². The molecule has 0 bridgehead atoms. The van der Waals surface area contributed by atoms with Crippen molar-refractivity contribution in [3.8, 4) is 0 Å². The molecule has 24 heavy (non-hydrogen) atoms. The summed E-state index contributed by atoms with van der Waals surface area (Å²) in [6.07, 6.45) is 1.49. The fraction of sp³-hybridized carbons (Fsp3) is 0.125. The molecular weight excluding hydrogens is 330 g/mol. The highest BCUT2D eigenvalue weighted by atomic mass is 35.5. The van der Waals surface area contributed by atoms with Crippen LogP contribution in [0.1, 0.15) is 21.8 Å². The average Bonchev–Trinajstić information content (AvgIpc) is 2.96. The average molecular weight is 344 g/mol. The summed E-state index contributed by atoms with van der Waals surface area (Å²) in [5.41, 5.74) is 1.75. The van der Waals surface area contributed by atoms with E-state index in [-0.39, 0.29) is 17.5 Å². The summed E-state index contributed by atoms with van der Waals surface area (Å²) < 4.78 is 4.96. The Labute approximate surface area is 143 Å². The van der Waals surface area contributed by atoms with Gasteiger partial charge in [0.15, 0.2) is 5.82 Å². The lowest BCUT2D eigenvalue weighted by molar-refractivity contribution is 0.102. The zero-order chi connectivity index (χ0) is 17.1. The van der Waals surface area contributed by atoms with Gasteiger partial charge in [0.2, 0.25) is 5.95 Å². The highest BCUT2D eigenvalue weighted by molar-refractivity contribution is 6.31. The first kappa shape index (κ1) is 15.9. The van der Waals surface area contributed by atoms with E-state index in [0.29, 0.717) is 22.3 Å². The fourth-order valence-corrected chi connectivity index (χ4v) is 2.17. The van der Waals surface area contributed by atoms with Crippen molar-refractivity contribution in [2.75, 3.05) is 10.6 Å². The predicted octanol–water partition coefficient (Wildman–Crippen LogP) is 3.73. The van der Waals surface area contributed by atoms with Crippen LogP contribution in [0.25, 0.3) is 0 Å². The number of rotatable bonds is 4. The molecule has 1 amide bonds. The molecule has 0 aliphatic rings. The Morgan fingerprint density at radius 2 is 2.04 bits per heavy atom. The maximum absolute atomic E-state index is 12.4. The number of nitrogens with zero attached hydrogens (tertiary/aromatic N) is 3. The standard InChI is InChI=1S/C16H14ClN5O2/c1-9-3-4-11(17)8-13(9)19-15(23)12-5-6-18-16(20-12)21-14-7-10(2)24-22-14/h3-8H,1-2H3,(H,19,23)(H,18,20,21,22). The Bertz CT molecular complexity index is 894. The molecule has 8 heteroatoms. The summed E-state index contributed by atoms with van der Waals surface area (Å²) in [6, 6.07) is 8.50. The van der Waals surface area contributed by atoms with Crippen molar-refractivity contribution in [3.05, 3.63) is 58.6 Å². The fourth-order valence-electron chi connectivity index (χ4n) is 2.00. The van der Waals surface area contributed by atoms with Gasteiger partial charge in [0, 0.05) is 23.0 Å². The Kier molecular flexibility index (Phi) is 4.43. The molecule has 0 atom stereocenters. The molecule has 2 aromatic heterocycles. The van der Waals surface area contributed by atoms with Crippen LogP contribution in [0.2, 0.25) is 5.02 Å². The number of hydrogen-bond donors (Lipinski definition) is 2. The van der Waals surface area contributed by atoms with Crippen LogP contribution in [0, 0.1) is 13.8 Å². The van der Waals surface area contributed by atoms with Crippen molar-refractivity contribution < 1.29 is 9.32 Å². The largest absolute Gasteiger partial charge is 0.360 e. The van der Waals surface area contributed by atoms with Crippen LogP contribution in [-0.4, -0.2) is 21.0 Å². The number of hydrogen-bond acceptors (Lipinski definition) is 6. The van der Waals surface area contributed by atoms with Crippen LogP contribution in [-0.2, 0) is 0 Å². The second kappa shape index (κ2) is 6.67. The van der Waals surface area contributed by atoms with Crippen LogP contribution in [0.5, 0.6) is 0 Å². The number of amides is 1. The lowest BCUT2D eigenvalue weighted by Gasteiger charge is -2.09. The van der Waals surface area contributed by atoms with Gasteiger partial charge in [0.1, 0.15) is 11.5 Å². The van der Waals surface area contributed by atoms with Crippen molar-refractivity contribution in [3.63, 3.8) is 0 Å². The highest BCUT2D eigenvalue weighted by Gasteiger charge is 2.12. The third-order valence-corrected chi connectivity index (χ3v) is 3.44. The van der Waals surface area contributed by atoms with Crippen LogP contribution >= 0.6 is 11.6 Å². The number of carbonyl (C=O) groups excluding carboxylic acids is 1. The molecular formula is C16H14ClN5O2. The molecule has 0 spiro atoms. The van der Waals surface area contributed by atoms with Crippen molar-refractivity contribution in [2.45, 2.75) is 13.8 Å². The highest BCUT2D eigenvalue weighted by Crippen LogP contribution is 2.21. The number of nitrogens with one attached hydrogen (secondary N) is 2. The molecule has 0 saturated heterocycles. The van der Waals surface area contributed by atoms with Crippen molar-refractivity contribution >= 4 is 35.0 Å². The van der Waals surface area contributed by atoms with Crippen LogP contribution in [0.15, 0.2) is 41.1 Å². The van der Waals surface area contributed by atoms with E-state index >= 15 is 0 Å². The smallest absolute Gasteiger partial charge is 0.274 e. The molecule has 0 aliphatic carbocycles. The topological polar surface area (TPSA) is 92.9 Å². The summed E-state index contributed by atoms with van der Waals surface area (Å²) in [4.78, 5) is 20.6. The van der Waals surface area contributed by atoms with Crippen LogP contribution in [0.3, 0.4) is 0 Å². The van der Waals surface area contributed by atoms with Crippen molar-refractivity contribution in [2.24, 2.45) is 0 Å². The molecule has 3 rings (SSSR count). The first-order chi connectivity index (χ1) is 11.5. The zero-order valence-electron chi connectivity index (χ0n) is 13.0. The van der Waals surface area contributed by atoms with E-state index in [1.165, 1.54) is 12.3 Å². The quantitative estimate of drug-likeness (QED) is 0.749. The SMILES string of the molecule is Cc1cc(Nc2nccc(C(=O)Nc3cc(Cl)ccc3C)n2)no1. The van der Waals surface area contributed by atoms with Gasteiger partial charge < -0.3 is 15.2 Å². The number of benzene rings is 1. The number of carbonyl (C=O) groups is 1. The number of halogens is 1. The van der Waals surface area contributed by atoms with E-state index in [9.17, 15) is 4.79 Å². The third kappa shape index (κ3) is 3.69. The summed E-state index contributed by atoms with van der Waals surface area (Å²) in [6.45, 7) is 3.65. The summed E-state index contributed by atoms with van der Waals surface area (Å²) >= 11 is 5.96. The van der Waals surface area contributed by atoms with E-state index in [1.54, 1.807) is 25.1 Å². The minimum absolute atomic E-state index is 0.215. The van der Waals surface area contributed by atoms with Gasteiger partial charge in [0.05, 0.1) is 0 Å². The van der Waals surface area contributed by atoms with Gasteiger partial charge in [-0.3, -0.25) is 4.79 Å². The summed E-state index contributed by atoms with van der Waals surface area (Å²) in [5, 5.41) is 10.0. The molecule has 122 valence electrons. The van der Waals surface area contributed by atoms with Crippen molar-refractivity contribution in [1.29, 1.82) is 0 Å². The molecule has 0 aliphatic heterocycles. The van der Waals surface area contributed by atoms with Gasteiger partial charge in [-0.15, -0.1) is 0 Å². The van der Waals surface area contributed by atoms with E-state index in [2.05, 4.69) is 25.8 Å². The monoisotopic (exact) mass is 343 g/mol. The number of aryl methyl sites for hydroxylation is 2. The summed E-state index contributed by atoms with van der Waals surface area (Å²) in [5.74, 6) is 1.01. The van der Waals surface area contributed by atoms with Gasteiger partial charge >= 0.3 is 0 Å². The molecule has 3 aromatic rings. The van der Waals surface area contributed by atoms with Gasteiger partial charge in [-0.1, -0.05) is 22.8 Å². The Balaban J connectivity index is 1.77. The molecule has 2 heterocycles. The minimum Gasteiger partial charge on any atom is -0.360 e. The first-order valence-corrected chi connectivity index (χ1v) is 7.50. The van der Waals surface area contributed by atoms with E-state index in [4.69, 9.17) is 16.1 Å². The molecule has 0 radical (unpaired) electrons. The normalized spacial score (nSPS) is 10.5. The Morgan fingerprint density at radius 3 is 2.79 bits per heavy atom. The number of aromatic nitrogens is 3. The van der Waals surface area contributed by atoms with Gasteiger partial charge in [0.25, 0.3) is 5.91 Å². The lowest BCUT2D eigenvalue weighted by atomic mass is 10.2. The first-order valence-electron chi connectivity index (χ1n) is 7.12. The number of anilines is 3. The van der Waals surface area contributed by atoms with Crippen molar-refractivity contribution in [1.82, 2.24) is 15.1 Å². The molecule has 0 unspecified atom stereocenters. The maximum Gasteiger partial charge on any atom is 0.274 e. The summed E-state index contributed by atoms with van der Waals surface area (Å²) in [7, 11) is 0. The second-order valence-corrected chi connectivity index (χ2v) is 5.56. The zero-order valence-corrected chi connectivity index (χ0v) is 13.8. The van der Waals surface area contributed by atoms with Crippen LogP contribution < -0.4 is 10.6 Å². The van der Waals surface area contributed by atoms with E-state index < -0.39 is 0 Å². The molecule has 0 fully saturated rings. The Morgan fingerprint density at radius 1 is 1.21 bits per heavy atom. The molecule has 7 nitrogen and oxygen atoms in total. The minimum atomic E-state index is -0.359. The van der Waals surface area contributed by atoms with Gasteiger partial charge in [-0.25, -0.2) is 9.97 Å². The molecule has 1 aromatic carbocycles. The molecule has 0 saturated carbocycles. The Hall–Kier alpha value is -2.93. The van der Waals surface area contributed by atoms with Gasteiger partial charge in [-0.2, -0.15) is 0 Å². The van der Waals surface area contributed by atoms with E-state index in [1.807, 2.05) is 13.0 Å². The third-order valence-electron chi connectivity index (χ3n) is 3.20. The van der Waals surface area contributed by atoms with Gasteiger partial charge in [-0.05, 0) is 37.6 Å². The maximum atomic E-state index is 12.4.